The van der Waals surface area contributed by atoms with Gasteiger partial charge in [-0.2, -0.15) is 10.2 Å². The molecule has 4 aromatic rings. The molecule has 0 aromatic carbocycles. The van der Waals surface area contributed by atoms with Crippen molar-refractivity contribution < 1.29 is 13.9 Å². The average molecular weight is 534 g/mol. The molecular formula is C27H32FN9O2. The molecule has 4 heterocycles. The lowest BCUT2D eigenvalue weighted by Crippen LogP contribution is -2.55. The fraction of sp³-hybridized carbons (Fsp3) is 0.407. The van der Waals surface area contributed by atoms with E-state index in [-0.39, 0.29) is 17.8 Å². The second-order valence-electron chi connectivity index (χ2n) is 10.2. The maximum Gasteiger partial charge on any atom is 0.249 e. The number of aryl methyl sites for hydroxylation is 2. The van der Waals surface area contributed by atoms with Gasteiger partial charge in [0, 0.05) is 48.7 Å². The Kier molecular flexibility index (Phi) is 7.13. The van der Waals surface area contributed by atoms with Crippen LogP contribution < -0.4 is 11.1 Å². The first-order chi connectivity index (χ1) is 18.7. The Morgan fingerprint density at radius 3 is 2.69 bits per heavy atom. The van der Waals surface area contributed by atoms with Crippen molar-refractivity contribution in [1.29, 1.82) is 0 Å². The summed E-state index contributed by atoms with van der Waals surface area (Å²) in [5.41, 5.74) is 7.49. The molecule has 1 aliphatic rings. The minimum atomic E-state index is -1.14. The molecule has 0 aliphatic heterocycles. The van der Waals surface area contributed by atoms with Crippen molar-refractivity contribution in [3.05, 3.63) is 71.4 Å². The number of hydrogen-bond donors (Lipinski definition) is 3. The van der Waals surface area contributed by atoms with Gasteiger partial charge in [0.15, 0.2) is 17.5 Å². The van der Waals surface area contributed by atoms with Gasteiger partial charge in [0.1, 0.15) is 17.2 Å². The van der Waals surface area contributed by atoms with E-state index in [2.05, 4.69) is 25.6 Å². The molecule has 3 unspecified atom stereocenters. The maximum atomic E-state index is 13.4. The molecule has 4 atom stereocenters. The molecule has 39 heavy (non-hydrogen) atoms. The number of aromatic nitrogens is 7. The summed E-state index contributed by atoms with van der Waals surface area (Å²) in [5.74, 6) is 1.18. The lowest BCUT2D eigenvalue weighted by Gasteiger charge is -2.45. The molecule has 0 bridgehead atoms. The van der Waals surface area contributed by atoms with Crippen molar-refractivity contribution >= 4 is 17.5 Å². The number of nitrogens with two attached hydrogens (primary N) is 1. The van der Waals surface area contributed by atoms with Crippen molar-refractivity contribution in [1.82, 2.24) is 34.9 Å². The number of halogens is 1. The lowest BCUT2D eigenvalue weighted by atomic mass is 9.64. The third-order valence-electron chi connectivity index (χ3n) is 7.67. The Balaban J connectivity index is 1.43. The van der Waals surface area contributed by atoms with E-state index in [0.29, 0.717) is 42.5 Å². The zero-order valence-electron chi connectivity index (χ0n) is 22.3. The van der Waals surface area contributed by atoms with Crippen LogP contribution >= 0.6 is 0 Å². The third kappa shape index (κ3) is 5.24. The molecule has 0 spiro atoms. The van der Waals surface area contributed by atoms with Crippen molar-refractivity contribution in [3.8, 4) is 5.82 Å². The molecule has 0 radical (unpaired) electrons. The number of methoxy groups -OCH3 is 1. The number of primary amides is 1. The van der Waals surface area contributed by atoms with Gasteiger partial charge in [-0.1, -0.05) is 13.0 Å². The fourth-order valence-electron chi connectivity index (χ4n) is 5.60. The van der Waals surface area contributed by atoms with Crippen LogP contribution in [0.4, 0.5) is 16.0 Å². The van der Waals surface area contributed by atoms with Gasteiger partial charge >= 0.3 is 0 Å². The molecule has 4 aromatic heterocycles. The maximum absolute atomic E-state index is 13.4. The monoisotopic (exact) mass is 533 g/mol. The van der Waals surface area contributed by atoms with Crippen molar-refractivity contribution in [2.45, 2.75) is 57.5 Å². The molecule has 1 saturated carbocycles. The largest absolute Gasteiger partial charge is 0.368 e. The normalized spacial score (nSPS) is 22.0. The zero-order chi connectivity index (χ0) is 27.7. The number of amides is 1. The molecule has 1 fully saturated rings. The number of nitrogens with zero attached hydrogens (tertiary/aromatic N) is 6. The van der Waals surface area contributed by atoms with E-state index in [9.17, 15) is 9.18 Å². The van der Waals surface area contributed by atoms with Crippen LogP contribution in [0.3, 0.4) is 0 Å². The predicted octanol–water partition coefficient (Wildman–Crippen LogP) is 3.84. The minimum Gasteiger partial charge on any atom is -0.368 e. The molecule has 4 N–H and O–H groups in total. The minimum absolute atomic E-state index is 0.0132. The zero-order valence-corrected chi connectivity index (χ0v) is 22.3. The van der Waals surface area contributed by atoms with Crippen LogP contribution in [0.25, 0.3) is 5.82 Å². The number of aromatic amines is 1. The van der Waals surface area contributed by atoms with Crippen LogP contribution in [0.5, 0.6) is 0 Å². The Hall–Kier alpha value is -4.19. The molecule has 5 rings (SSSR count). The van der Waals surface area contributed by atoms with Crippen LogP contribution in [0.1, 0.15) is 60.8 Å². The van der Waals surface area contributed by atoms with Gasteiger partial charge in [0.2, 0.25) is 5.91 Å². The number of hydrogen-bond acceptors (Lipinski definition) is 8. The highest BCUT2D eigenvalue weighted by Gasteiger charge is 2.51. The topological polar surface area (TPSA) is 150 Å². The number of carbonyl (C=O) groups excluding carboxylic acids is 1. The van der Waals surface area contributed by atoms with Gasteiger partial charge in [-0.25, -0.2) is 24.0 Å². The van der Waals surface area contributed by atoms with E-state index >= 15 is 0 Å². The average Bonchev–Trinajstić information content (AvgIpc) is 3.55. The van der Waals surface area contributed by atoms with Gasteiger partial charge in [-0.3, -0.25) is 9.89 Å². The van der Waals surface area contributed by atoms with Crippen molar-refractivity contribution in [3.63, 3.8) is 0 Å². The molecule has 12 heteroatoms. The van der Waals surface area contributed by atoms with E-state index in [1.807, 2.05) is 39.0 Å². The highest BCUT2D eigenvalue weighted by molar-refractivity contribution is 5.84. The van der Waals surface area contributed by atoms with Gasteiger partial charge in [-0.15, -0.1) is 0 Å². The first-order valence-electron chi connectivity index (χ1n) is 12.8. The lowest BCUT2D eigenvalue weighted by molar-refractivity contribution is -0.155. The van der Waals surface area contributed by atoms with E-state index in [0.717, 1.165) is 23.1 Å². The summed E-state index contributed by atoms with van der Waals surface area (Å²) < 4.78 is 20.7. The molecule has 1 aliphatic carbocycles. The summed E-state index contributed by atoms with van der Waals surface area (Å²) >= 11 is 0. The van der Waals surface area contributed by atoms with Crippen molar-refractivity contribution in [2.24, 2.45) is 11.7 Å². The number of H-pyrrole nitrogens is 1. The van der Waals surface area contributed by atoms with Gasteiger partial charge in [0.25, 0.3) is 0 Å². The number of rotatable bonds is 8. The second kappa shape index (κ2) is 10.5. The van der Waals surface area contributed by atoms with Crippen molar-refractivity contribution in [2.75, 3.05) is 12.4 Å². The number of nitrogens with one attached hydrogen (secondary N) is 2. The molecular weight excluding hydrogens is 501 g/mol. The van der Waals surface area contributed by atoms with Crippen LogP contribution in [0.2, 0.25) is 0 Å². The summed E-state index contributed by atoms with van der Waals surface area (Å²) in [6.07, 6.45) is 5.79. The number of pyridine rings is 1. The Morgan fingerprint density at radius 1 is 1.26 bits per heavy atom. The first kappa shape index (κ1) is 26.4. The predicted molar refractivity (Wildman–Crippen MR) is 142 cm³/mol. The fourth-order valence-corrected chi connectivity index (χ4v) is 5.60. The summed E-state index contributed by atoms with van der Waals surface area (Å²) in [5, 5.41) is 14.4. The highest BCUT2D eigenvalue weighted by atomic mass is 19.1. The highest BCUT2D eigenvalue weighted by Crippen LogP contribution is 2.49. The van der Waals surface area contributed by atoms with Crippen LogP contribution in [0, 0.1) is 25.6 Å². The standard InChI is InChI=1S/C27H32FN9O2/c1-15-9-22(33-23-10-16(2)35-36-23)34-25(32-15)18-7-8-27(39-4,26(29)38)21(11-18)17(3)19-5-6-24(30-12-19)37-14-20(28)13-31-37/h5-6,9-10,12-14,17-18,21H,7-8,11H2,1-4H3,(H2,29,38)(H2,32,33,34,35,36)/t17-,18?,21?,27?/m1/s1. The number of carbonyl (C=O) groups is 1. The summed E-state index contributed by atoms with van der Waals surface area (Å²) in [4.78, 5) is 26.9. The first-order valence-corrected chi connectivity index (χ1v) is 12.8. The number of anilines is 2. The van der Waals surface area contributed by atoms with E-state index in [1.165, 1.54) is 18.0 Å². The molecule has 1 amide bonds. The smallest absolute Gasteiger partial charge is 0.249 e. The quantitative estimate of drug-likeness (QED) is 0.309. The molecule has 204 valence electrons. The van der Waals surface area contributed by atoms with Crippen LogP contribution in [-0.4, -0.2) is 53.5 Å². The van der Waals surface area contributed by atoms with Gasteiger partial charge in [0.05, 0.1) is 12.4 Å². The van der Waals surface area contributed by atoms with E-state index < -0.39 is 17.3 Å². The Labute approximate surface area is 225 Å². The Bertz CT molecular complexity index is 1470. The number of ether oxygens (including phenoxy) is 1. The molecule has 11 nitrogen and oxygen atoms in total. The summed E-state index contributed by atoms with van der Waals surface area (Å²) in [6, 6.07) is 7.46. The van der Waals surface area contributed by atoms with E-state index in [1.54, 1.807) is 12.3 Å². The molecule has 0 saturated heterocycles. The summed E-state index contributed by atoms with van der Waals surface area (Å²) in [7, 11) is 1.54. The SMILES string of the molecule is COC1(C(N)=O)CCC(c2nc(C)cc(Nc3cc(C)[nH]n3)n2)CC1[C@H](C)c1ccc(-n2cc(F)cn2)nc1. The van der Waals surface area contributed by atoms with Crippen LogP contribution in [-0.2, 0) is 9.53 Å². The van der Waals surface area contributed by atoms with E-state index in [4.69, 9.17) is 20.4 Å². The van der Waals surface area contributed by atoms with Gasteiger partial charge < -0.3 is 15.8 Å². The third-order valence-corrected chi connectivity index (χ3v) is 7.67. The second-order valence-corrected chi connectivity index (χ2v) is 10.2. The summed E-state index contributed by atoms with van der Waals surface area (Å²) in [6.45, 7) is 5.90. The van der Waals surface area contributed by atoms with Gasteiger partial charge in [-0.05, 0) is 50.7 Å². The van der Waals surface area contributed by atoms with Crippen LogP contribution in [0.15, 0.2) is 42.9 Å². The Morgan fingerprint density at radius 2 is 2.08 bits per heavy atom.